The highest BCUT2D eigenvalue weighted by atomic mass is 16.7. The van der Waals surface area contributed by atoms with E-state index in [-0.39, 0.29) is 29.7 Å². The molecule has 0 radical (unpaired) electrons. The Hall–Kier alpha value is -4.01. The van der Waals surface area contributed by atoms with Crippen LogP contribution in [0.3, 0.4) is 0 Å². The molecule has 1 aliphatic heterocycles. The first-order valence-corrected chi connectivity index (χ1v) is 9.05. The zero-order valence-corrected chi connectivity index (χ0v) is 15.8. The number of furan rings is 1. The second-order valence-corrected chi connectivity index (χ2v) is 6.75. The zero-order chi connectivity index (χ0) is 21.4. The Morgan fingerprint density at radius 3 is 2.50 bits per heavy atom. The lowest BCUT2D eigenvalue weighted by Gasteiger charge is -2.13. The Labute approximate surface area is 168 Å². The maximum Gasteiger partial charge on any atom is 0.340 e. The number of fused-ring (bicyclic) bond motifs is 1. The highest BCUT2D eigenvalue weighted by Gasteiger charge is 2.33. The average molecular weight is 409 g/mol. The van der Waals surface area contributed by atoms with E-state index in [1.54, 1.807) is 31.2 Å². The number of amides is 2. The van der Waals surface area contributed by atoms with Gasteiger partial charge in [0.1, 0.15) is 11.3 Å². The minimum atomic E-state index is -0.915. The molecule has 1 saturated heterocycles. The van der Waals surface area contributed by atoms with Gasteiger partial charge >= 0.3 is 11.6 Å². The van der Waals surface area contributed by atoms with Crippen molar-refractivity contribution < 1.29 is 32.9 Å². The molecule has 1 aliphatic rings. The van der Waals surface area contributed by atoms with Crippen LogP contribution in [-0.2, 0) is 25.6 Å². The Kier molecular flexibility index (Phi) is 4.78. The third kappa shape index (κ3) is 3.41. The van der Waals surface area contributed by atoms with Crippen molar-refractivity contribution in [3.63, 3.8) is 0 Å². The minimum Gasteiger partial charge on any atom is -0.453 e. The number of hydrogen-bond donors (Lipinski definition) is 0. The first-order valence-electron chi connectivity index (χ1n) is 9.05. The van der Waals surface area contributed by atoms with Gasteiger partial charge in [0.2, 0.25) is 0 Å². The Bertz CT molecular complexity index is 1250. The van der Waals surface area contributed by atoms with Crippen molar-refractivity contribution in [2.75, 3.05) is 0 Å². The van der Waals surface area contributed by atoms with E-state index in [1.807, 2.05) is 0 Å². The van der Waals surface area contributed by atoms with Crippen LogP contribution >= 0.6 is 0 Å². The number of rotatable bonds is 5. The van der Waals surface area contributed by atoms with Gasteiger partial charge < -0.3 is 13.7 Å². The number of aldehydes is 1. The topological polar surface area (TPSA) is 124 Å². The smallest absolute Gasteiger partial charge is 0.340 e. The summed E-state index contributed by atoms with van der Waals surface area (Å²) in [4.78, 5) is 63.4. The van der Waals surface area contributed by atoms with Crippen molar-refractivity contribution >= 4 is 35.0 Å². The molecule has 0 spiro atoms. The first kappa shape index (κ1) is 19.3. The van der Waals surface area contributed by atoms with E-state index in [4.69, 9.17) is 13.7 Å². The molecule has 0 bridgehead atoms. The number of aryl methyl sites for hydroxylation is 1. The van der Waals surface area contributed by atoms with Crippen molar-refractivity contribution in [3.05, 3.63) is 57.6 Å². The van der Waals surface area contributed by atoms with Crippen LogP contribution in [0.2, 0.25) is 0 Å². The molecular weight excluding hydrogens is 394 g/mol. The molecule has 0 saturated carbocycles. The molecule has 9 heteroatoms. The normalized spacial score (nSPS) is 13.8. The second kappa shape index (κ2) is 7.43. The summed E-state index contributed by atoms with van der Waals surface area (Å²) in [6, 6.07) is 8.18. The van der Waals surface area contributed by atoms with Crippen molar-refractivity contribution in [2.45, 2.75) is 26.2 Å². The number of carbonyl (C=O) groups is 4. The number of imide groups is 1. The molecule has 4 rings (SSSR count). The molecule has 0 N–H and O–H groups in total. The Morgan fingerprint density at radius 2 is 1.83 bits per heavy atom. The summed E-state index contributed by atoms with van der Waals surface area (Å²) in [7, 11) is 0. The highest BCUT2D eigenvalue weighted by molar-refractivity contribution is 6.01. The fraction of sp³-hybridized carbons (Fsp3) is 0.190. The predicted molar refractivity (Wildman–Crippen MR) is 101 cm³/mol. The number of nitrogens with zero attached hydrogens (tertiary/aromatic N) is 1. The molecule has 0 aliphatic carbocycles. The van der Waals surface area contributed by atoms with Gasteiger partial charge in [-0.1, -0.05) is 12.1 Å². The SMILES string of the molecule is Cc1c(CC(=O)ON2C(=O)CCC2=O)c(=O)oc2cc(-c3ccc(C=O)o3)ccc12. The molecular formula is C21H15NO8. The third-order valence-electron chi connectivity index (χ3n) is 4.83. The highest BCUT2D eigenvalue weighted by Crippen LogP contribution is 2.28. The maximum absolute atomic E-state index is 12.5. The van der Waals surface area contributed by atoms with E-state index in [9.17, 15) is 24.0 Å². The van der Waals surface area contributed by atoms with Crippen molar-refractivity contribution in [1.29, 1.82) is 0 Å². The van der Waals surface area contributed by atoms with Crippen LogP contribution in [0.25, 0.3) is 22.3 Å². The molecule has 9 nitrogen and oxygen atoms in total. The van der Waals surface area contributed by atoms with Gasteiger partial charge in [-0.3, -0.25) is 14.4 Å². The van der Waals surface area contributed by atoms with Crippen LogP contribution in [0.4, 0.5) is 0 Å². The number of carbonyl (C=O) groups excluding carboxylic acids is 4. The van der Waals surface area contributed by atoms with Crippen LogP contribution in [0, 0.1) is 6.92 Å². The molecule has 3 heterocycles. The largest absolute Gasteiger partial charge is 0.453 e. The van der Waals surface area contributed by atoms with Crippen LogP contribution in [0.1, 0.15) is 34.5 Å². The zero-order valence-electron chi connectivity index (χ0n) is 15.8. The standard InChI is InChI=1S/C21H15NO8/c1-11-14-4-2-12(16-5-3-13(10-23)28-16)8-17(14)29-21(27)15(11)9-20(26)30-22-18(24)6-7-19(22)25/h2-5,8,10H,6-7,9H2,1H3. The van der Waals surface area contributed by atoms with E-state index in [0.717, 1.165) is 0 Å². The second-order valence-electron chi connectivity index (χ2n) is 6.75. The summed E-state index contributed by atoms with van der Waals surface area (Å²) >= 11 is 0. The van der Waals surface area contributed by atoms with E-state index in [2.05, 4.69) is 0 Å². The number of hydrogen-bond acceptors (Lipinski definition) is 8. The van der Waals surface area contributed by atoms with Crippen LogP contribution in [0.15, 0.2) is 44.0 Å². The molecule has 0 unspecified atom stereocenters. The van der Waals surface area contributed by atoms with Gasteiger partial charge in [0.25, 0.3) is 11.8 Å². The van der Waals surface area contributed by atoms with Gasteiger partial charge in [-0.05, 0) is 30.7 Å². The lowest BCUT2D eigenvalue weighted by atomic mass is 10.0. The van der Waals surface area contributed by atoms with E-state index < -0.39 is 29.8 Å². The molecule has 152 valence electrons. The fourth-order valence-corrected chi connectivity index (χ4v) is 3.26. The minimum absolute atomic E-state index is 0.0183. The lowest BCUT2D eigenvalue weighted by molar-refractivity contribution is -0.197. The molecule has 0 atom stereocenters. The van der Waals surface area contributed by atoms with Crippen LogP contribution < -0.4 is 5.63 Å². The quantitative estimate of drug-likeness (QED) is 0.357. The summed E-state index contributed by atoms with van der Waals surface area (Å²) in [5.41, 5.74) is 0.732. The number of hydroxylamine groups is 2. The molecule has 1 aromatic carbocycles. The molecule has 30 heavy (non-hydrogen) atoms. The summed E-state index contributed by atoms with van der Waals surface area (Å²) < 4.78 is 10.7. The molecule has 2 amide bonds. The van der Waals surface area contributed by atoms with Crippen molar-refractivity contribution in [3.8, 4) is 11.3 Å². The predicted octanol–water partition coefficient (Wildman–Crippen LogP) is 2.32. The van der Waals surface area contributed by atoms with Gasteiger partial charge in [-0.2, -0.15) is 0 Å². The molecule has 3 aromatic rings. The summed E-state index contributed by atoms with van der Waals surface area (Å²) in [6.45, 7) is 1.66. The van der Waals surface area contributed by atoms with Gasteiger partial charge in [0, 0.05) is 23.8 Å². The van der Waals surface area contributed by atoms with E-state index >= 15 is 0 Å². The van der Waals surface area contributed by atoms with Crippen LogP contribution in [-0.4, -0.2) is 29.1 Å². The van der Waals surface area contributed by atoms with Gasteiger partial charge in [-0.15, -0.1) is 5.06 Å². The van der Waals surface area contributed by atoms with E-state index in [1.165, 1.54) is 6.07 Å². The maximum atomic E-state index is 12.5. The fourth-order valence-electron chi connectivity index (χ4n) is 3.26. The molecule has 1 fully saturated rings. The third-order valence-corrected chi connectivity index (χ3v) is 4.83. The van der Waals surface area contributed by atoms with Crippen LogP contribution in [0.5, 0.6) is 0 Å². The molecule has 2 aromatic heterocycles. The van der Waals surface area contributed by atoms with Crippen molar-refractivity contribution in [1.82, 2.24) is 5.06 Å². The van der Waals surface area contributed by atoms with Crippen molar-refractivity contribution in [2.24, 2.45) is 0 Å². The first-order chi connectivity index (χ1) is 14.4. The average Bonchev–Trinajstić information content (AvgIpc) is 3.33. The summed E-state index contributed by atoms with van der Waals surface area (Å²) in [6.07, 6.45) is 0.0957. The summed E-state index contributed by atoms with van der Waals surface area (Å²) in [5, 5.41) is 1.03. The summed E-state index contributed by atoms with van der Waals surface area (Å²) in [5.74, 6) is -1.50. The lowest BCUT2D eigenvalue weighted by Crippen LogP contribution is -2.33. The monoisotopic (exact) mass is 409 g/mol. The number of benzene rings is 1. The van der Waals surface area contributed by atoms with Gasteiger partial charge in [0.05, 0.1) is 12.0 Å². The Balaban J connectivity index is 1.63. The van der Waals surface area contributed by atoms with E-state index in [0.29, 0.717) is 33.6 Å². The Morgan fingerprint density at radius 1 is 1.10 bits per heavy atom. The van der Waals surface area contributed by atoms with Gasteiger partial charge in [0.15, 0.2) is 12.0 Å². The van der Waals surface area contributed by atoms with Gasteiger partial charge in [-0.25, -0.2) is 9.59 Å².